The zero-order valence-electron chi connectivity index (χ0n) is 18.4. The van der Waals surface area contributed by atoms with Crippen LogP contribution in [0.1, 0.15) is 45.4 Å². The van der Waals surface area contributed by atoms with Crippen molar-refractivity contribution in [1.29, 1.82) is 0 Å². The van der Waals surface area contributed by atoms with Crippen molar-refractivity contribution in [2.45, 2.75) is 63.2 Å². The third kappa shape index (κ3) is 6.05. The van der Waals surface area contributed by atoms with E-state index < -0.39 is 5.60 Å². The predicted octanol–water partition coefficient (Wildman–Crippen LogP) is 4.11. The summed E-state index contributed by atoms with van der Waals surface area (Å²) in [5, 5.41) is 14.2. The molecule has 174 valence electrons. The van der Waals surface area contributed by atoms with E-state index in [0.717, 1.165) is 62.9 Å². The molecule has 0 bridgehead atoms. The van der Waals surface area contributed by atoms with Crippen molar-refractivity contribution < 1.29 is 14.2 Å². The lowest BCUT2D eigenvalue weighted by Crippen LogP contribution is -2.39. The Morgan fingerprint density at radius 3 is 2.56 bits per heavy atom. The largest absolute Gasteiger partial charge is 0.473 e. The van der Waals surface area contributed by atoms with E-state index in [9.17, 15) is 9.50 Å². The first-order chi connectivity index (χ1) is 15.4. The fourth-order valence-electron chi connectivity index (χ4n) is 4.41. The molecule has 0 unspecified atom stereocenters. The molecule has 2 aliphatic rings. The molecule has 1 aliphatic carbocycles. The second-order valence-electron chi connectivity index (χ2n) is 9.06. The van der Waals surface area contributed by atoms with Gasteiger partial charge in [-0.2, -0.15) is 0 Å². The first-order valence-corrected chi connectivity index (χ1v) is 11.7. The van der Waals surface area contributed by atoms with Gasteiger partial charge in [0.05, 0.1) is 23.7 Å². The Balaban J connectivity index is 1.40. The molecule has 2 aromatic rings. The monoisotopic (exact) mass is 463 g/mol. The van der Waals surface area contributed by atoms with Gasteiger partial charge in [-0.3, -0.25) is 0 Å². The Labute approximate surface area is 193 Å². The summed E-state index contributed by atoms with van der Waals surface area (Å²) >= 11 is 6.16. The van der Waals surface area contributed by atoms with Gasteiger partial charge in [-0.25, -0.2) is 19.3 Å². The number of nitrogens with one attached hydrogen (secondary N) is 1. The number of pyridine rings is 1. The van der Waals surface area contributed by atoms with Gasteiger partial charge in [-0.1, -0.05) is 11.6 Å². The van der Waals surface area contributed by atoms with E-state index in [1.807, 2.05) is 6.92 Å². The topological polar surface area (TPSA) is 83.4 Å². The van der Waals surface area contributed by atoms with Gasteiger partial charge in [0.1, 0.15) is 17.9 Å². The maximum absolute atomic E-state index is 12.5. The maximum Gasteiger partial charge on any atom is 0.232 e. The van der Waals surface area contributed by atoms with Crippen LogP contribution in [0.25, 0.3) is 11.3 Å². The quantitative estimate of drug-likeness (QED) is 0.598. The number of aromatic nitrogens is 3. The van der Waals surface area contributed by atoms with Crippen molar-refractivity contribution in [3.8, 4) is 17.1 Å². The van der Waals surface area contributed by atoms with E-state index in [1.54, 1.807) is 24.7 Å². The molecule has 4 rings (SSSR count). The Morgan fingerprint density at radius 1 is 1.16 bits per heavy atom. The van der Waals surface area contributed by atoms with Gasteiger partial charge in [-0.05, 0) is 51.5 Å². The van der Waals surface area contributed by atoms with Gasteiger partial charge < -0.3 is 20.1 Å². The van der Waals surface area contributed by atoms with Gasteiger partial charge in [0.15, 0.2) is 0 Å². The van der Waals surface area contributed by atoms with Crippen molar-refractivity contribution >= 4 is 17.3 Å². The van der Waals surface area contributed by atoms with Crippen LogP contribution in [0.15, 0.2) is 24.7 Å². The number of ether oxygens (including phenoxy) is 1. The number of hydrogen-bond donors (Lipinski definition) is 2. The fourth-order valence-corrected chi connectivity index (χ4v) is 4.57. The van der Waals surface area contributed by atoms with Crippen molar-refractivity contribution in [2.75, 3.05) is 31.6 Å². The minimum Gasteiger partial charge on any atom is -0.473 e. The molecule has 9 heteroatoms. The summed E-state index contributed by atoms with van der Waals surface area (Å²) in [6.45, 7) is 3.75. The van der Waals surface area contributed by atoms with Crippen molar-refractivity contribution in [2.24, 2.45) is 0 Å². The normalized spacial score (nSPS) is 24.9. The molecule has 2 fully saturated rings. The zero-order chi connectivity index (χ0) is 22.6. The number of rotatable bonds is 7. The van der Waals surface area contributed by atoms with Crippen LogP contribution < -0.4 is 10.1 Å². The van der Waals surface area contributed by atoms with Crippen LogP contribution >= 0.6 is 11.6 Å². The van der Waals surface area contributed by atoms with E-state index in [-0.39, 0.29) is 18.8 Å². The van der Waals surface area contributed by atoms with Crippen LogP contribution in [-0.2, 0) is 0 Å². The molecule has 0 aromatic carbocycles. The molecular formula is C23H31ClFN5O2. The number of nitrogens with zero attached hydrogens (tertiary/aromatic N) is 4. The van der Waals surface area contributed by atoms with Crippen LogP contribution in [-0.4, -0.2) is 69.0 Å². The average Bonchev–Trinajstić information content (AvgIpc) is 2.78. The molecule has 2 N–H and O–H groups in total. The highest BCUT2D eigenvalue weighted by Crippen LogP contribution is 2.33. The Hall–Kier alpha value is -2.03. The lowest BCUT2D eigenvalue weighted by Gasteiger charge is -2.34. The predicted molar refractivity (Wildman–Crippen MR) is 123 cm³/mol. The molecule has 0 radical (unpaired) electrons. The maximum atomic E-state index is 12.5. The van der Waals surface area contributed by atoms with Crippen LogP contribution in [0.2, 0.25) is 5.15 Å². The minimum atomic E-state index is -0.581. The van der Waals surface area contributed by atoms with E-state index in [4.69, 9.17) is 16.3 Å². The molecule has 3 heterocycles. The highest BCUT2D eigenvalue weighted by molar-refractivity contribution is 6.29. The van der Waals surface area contributed by atoms with Crippen molar-refractivity contribution in [3.63, 3.8) is 0 Å². The lowest BCUT2D eigenvalue weighted by atomic mass is 9.83. The van der Waals surface area contributed by atoms with Gasteiger partial charge in [-0.15, -0.1) is 0 Å². The Morgan fingerprint density at radius 2 is 1.91 bits per heavy atom. The summed E-state index contributed by atoms with van der Waals surface area (Å²) in [5.41, 5.74) is 1.79. The summed E-state index contributed by atoms with van der Waals surface area (Å²) in [6.07, 6.45) is 10.1. The van der Waals surface area contributed by atoms with E-state index in [1.165, 1.54) is 0 Å². The summed E-state index contributed by atoms with van der Waals surface area (Å²) in [6, 6.07) is 2.06. The smallest absolute Gasteiger partial charge is 0.232 e. The third-order valence-electron chi connectivity index (χ3n) is 6.42. The Bertz CT molecular complexity index is 880. The third-order valence-corrected chi connectivity index (χ3v) is 6.63. The molecule has 0 spiro atoms. The molecule has 32 heavy (non-hydrogen) atoms. The SMILES string of the molecule is CC1(O)CCC(Nc2cc(Cl)ncc2-c2cnc(OC3CCN(CCF)CC3)cn2)CC1. The second-order valence-corrected chi connectivity index (χ2v) is 9.44. The number of anilines is 1. The summed E-state index contributed by atoms with van der Waals surface area (Å²) < 4.78 is 18.5. The average molecular weight is 464 g/mol. The summed E-state index contributed by atoms with van der Waals surface area (Å²) in [4.78, 5) is 15.3. The van der Waals surface area contributed by atoms with Crippen LogP contribution in [0.4, 0.5) is 10.1 Å². The van der Waals surface area contributed by atoms with Gasteiger partial charge in [0.25, 0.3) is 0 Å². The highest BCUT2D eigenvalue weighted by atomic mass is 35.5. The van der Waals surface area contributed by atoms with Gasteiger partial charge >= 0.3 is 0 Å². The zero-order valence-corrected chi connectivity index (χ0v) is 19.2. The van der Waals surface area contributed by atoms with Crippen molar-refractivity contribution in [3.05, 3.63) is 29.8 Å². The summed E-state index contributed by atoms with van der Waals surface area (Å²) in [5.74, 6) is 0.489. The van der Waals surface area contributed by atoms with Gasteiger partial charge in [0.2, 0.25) is 5.88 Å². The number of alkyl halides is 1. The minimum absolute atomic E-state index is 0.0731. The van der Waals surface area contributed by atoms with E-state index in [2.05, 4.69) is 25.2 Å². The number of aliphatic hydroxyl groups is 1. The molecule has 1 saturated heterocycles. The Kier molecular flexibility index (Phi) is 7.43. The number of likely N-dealkylation sites (tertiary alicyclic amines) is 1. The highest BCUT2D eigenvalue weighted by Gasteiger charge is 2.29. The first-order valence-electron chi connectivity index (χ1n) is 11.3. The summed E-state index contributed by atoms with van der Waals surface area (Å²) in [7, 11) is 0. The first kappa shape index (κ1) is 23.1. The molecule has 0 amide bonds. The lowest BCUT2D eigenvalue weighted by molar-refractivity contribution is 0.0196. The van der Waals surface area contributed by atoms with Crippen LogP contribution in [0, 0.1) is 0 Å². The molecule has 2 aromatic heterocycles. The fraction of sp³-hybridized carbons (Fsp3) is 0.609. The van der Waals surface area contributed by atoms with Crippen LogP contribution in [0.3, 0.4) is 0 Å². The van der Waals surface area contributed by atoms with E-state index in [0.29, 0.717) is 23.3 Å². The van der Waals surface area contributed by atoms with E-state index >= 15 is 0 Å². The number of piperidine rings is 1. The number of halogens is 2. The van der Waals surface area contributed by atoms with Crippen molar-refractivity contribution in [1.82, 2.24) is 19.9 Å². The molecule has 7 nitrogen and oxygen atoms in total. The van der Waals surface area contributed by atoms with Gasteiger partial charge in [0, 0.05) is 43.1 Å². The molecular weight excluding hydrogens is 433 g/mol. The second kappa shape index (κ2) is 10.3. The molecule has 1 saturated carbocycles. The standard InChI is InChI=1S/C23H31ClFN5O2/c1-23(31)6-2-16(3-7-23)29-19-12-21(24)27-13-18(19)20-14-28-22(15-26-20)32-17-4-9-30(10-5-17)11-8-25/h12-17,31H,2-11H2,1H3,(H,27,29). The number of hydrogen-bond acceptors (Lipinski definition) is 7. The van der Waals surface area contributed by atoms with Crippen LogP contribution in [0.5, 0.6) is 5.88 Å². The molecule has 0 atom stereocenters. The molecule has 1 aliphatic heterocycles.